The van der Waals surface area contributed by atoms with Crippen LogP contribution in [0.2, 0.25) is 0 Å². The third-order valence-electron chi connectivity index (χ3n) is 14.0. The first kappa shape index (κ1) is 44.1. The van der Waals surface area contributed by atoms with Crippen LogP contribution in [0.1, 0.15) is 33.4 Å². The fraction of sp³-hybridized carbons (Fsp3) is 0.0882. The van der Waals surface area contributed by atoms with Gasteiger partial charge in [0.05, 0.1) is 11.4 Å². The van der Waals surface area contributed by atoms with Gasteiger partial charge in [-0.2, -0.15) is 0 Å². The predicted octanol–water partition coefficient (Wildman–Crippen LogP) is 19.5. The Morgan fingerprint density at radius 3 is 0.786 bits per heavy atom. The average Bonchev–Trinajstić information content (AvgIpc) is 3.38. The fourth-order valence-corrected chi connectivity index (χ4v) is 10.3. The maximum Gasteiger partial charge on any atom is 0.0788 e. The Labute approximate surface area is 413 Å². The van der Waals surface area contributed by atoms with Gasteiger partial charge in [0.2, 0.25) is 0 Å². The first-order valence-corrected chi connectivity index (χ1v) is 24.4. The highest BCUT2D eigenvalue weighted by molar-refractivity contribution is 6.23. The molecule has 11 aromatic carbocycles. The molecule has 2 nitrogen and oxygen atoms in total. The molecule has 0 N–H and O–H groups in total. The Hall–Kier alpha value is -8.46. The minimum atomic E-state index is 1.07. The van der Waals surface area contributed by atoms with Crippen LogP contribution in [-0.2, 0) is 0 Å². The number of anilines is 6. The molecule has 0 heterocycles. The zero-order chi connectivity index (χ0) is 47.9. The Bertz CT molecular complexity index is 3410. The summed E-state index contributed by atoms with van der Waals surface area (Å²) in [5.74, 6) is 0. The van der Waals surface area contributed by atoms with Gasteiger partial charge in [-0.3, -0.25) is 0 Å². The summed E-state index contributed by atoms with van der Waals surface area (Å²) < 4.78 is 0. The van der Waals surface area contributed by atoms with Crippen molar-refractivity contribution in [2.45, 2.75) is 41.5 Å². The molecule has 0 unspecified atom stereocenters. The van der Waals surface area contributed by atoms with Crippen molar-refractivity contribution < 1.29 is 0 Å². The zero-order valence-electron chi connectivity index (χ0n) is 40.8. The summed E-state index contributed by atoms with van der Waals surface area (Å²) in [6, 6.07) is 85.6. The standard InChI is InChI=1S/C68H56N2/c1-45-15-21-51(22-16-45)53-25-33-57(34-26-53)69(59-37-29-55(30-38-59)61-41-19-47(3)43-49(61)5)67-65-13-9-7-11-63(65)64-12-8-10-14-66(64)68(67)70(58-35-27-54(28-36-58)52-23-17-46(2)18-24-52)60-39-31-56(32-40-60)62-42-20-48(4)44-50(62)6/h7-44H,1-6H3. The molecule has 70 heavy (non-hydrogen) atoms. The predicted molar refractivity (Wildman–Crippen MR) is 301 cm³/mol. The summed E-state index contributed by atoms with van der Waals surface area (Å²) in [5, 5.41) is 4.71. The topological polar surface area (TPSA) is 6.48 Å². The molecule has 0 aliphatic carbocycles. The van der Waals surface area contributed by atoms with Gasteiger partial charge in [0, 0.05) is 33.5 Å². The lowest BCUT2D eigenvalue weighted by Gasteiger charge is -2.35. The summed E-state index contributed by atoms with van der Waals surface area (Å²) in [4.78, 5) is 4.99. The molecular weight excluding hydrogens is 845 g/mol. The molecule has 0 saturated carbocycles. The van der Waals surface area contributed by atoms with Crippen molar-refractivity contribution in [2.24, 2.45) is 0 Å². The van der Waals surface area contributed by atoms with E-state index >= 15 is 0 Å². The number of nitrogens with zero attached hydrogens (tertiary/aromatic N) is 2. The molecule has 0 atom stereocenters. The van der Waals surface area contributed by atoms with Gasteiger partial charge < -0.3 is 9.80 Å². The minimum absolute atomic E-state index is 1.07. The zero-order valence-corrected chi connectivity index (χ0v) is 40.8. The van der Waals surface area contributed by atoms with Crippen molar-refractivity contribution in [1.29, 1.82) is 0 Å². The molecule has 11 rings (SSSR count). The lowest BCUT2D eigenvalue weighted by Crippen LogP contribution is -2.18. The Morgan fingerprint density at radius 2 is 0.486 bits per heavy atom. The van der Waals surface area contributed by atoms with Gasteiger partial charge >= 0.3 is 0 Å². The number of hydrogen-bond donors (Lipinski definition) is 0. The number of benzene rings is 11. The smallest absolute Gasteiger partial charge is 0.0788 e. The van der Waals surface area contributed by atoms with Crippen molar-refractivity contribution >= 4 is 55.7 Å². The molecule has 0 fully saturated rings. The normalized spacial score (nSPS) is 11.3. The second-order valence-electron chi connectivity index (χ2n) is 19.0. The van der Waals surface area contributed by atoms with Crippen LogP contribution in [-0.4, -0.2) is 0 Å². The molecule has 0 aliphatic heterocycles. The van der Waals surface area contributed by atoms with E-state index < -0.39 is 0 Å². The second-order valence-corrected chi connectivity index (χ2v) is 19.0. The van der Waals surface area contributed by atoms with Gasteiger partial charge in [-0.25, -0.2) is 0 Å². The number of aryl methyl sites for hydroxylation is 6. The Morgan fingerprint density at radius 1 is 0.229 bits per heavy atom. The third-order valence-corrected chi connectivity index (χ3v) is 14.0. The molecular formula is C68H56N2. The van der Waals surface area contributed by atoms with E-state index in [0.29, 0.717) is 0 Å². The Balaban J connectivity index is 1.19. The van der Waals surface area contributed by atoms with Crippen LogP contribution >= 0.6 is 0 Å². The molecule has 11 aromatic rings. The van der Waals surface area contributed by atoms with Gasteiger partial charge in [-0.15, -0.1) is 0 Å². The van der Waals surface area contributed by atoms with Crippen LogP contribution in [0, 0.1) is 41.5 Å². The first-order valence-electron chi connectivity index (χ1n) is 24.4. The largest absolute Gasteiger partial charge is 0.308 e. The van der Waals surface area contributed by atoms with Crippen molar-refractivity contribution in [3.63, 3.8) is 0 Å². The van der Waals surface area contributed by atoms with Gasteiger partial charge in [-0.05, 0) is 156 Å². The number of hydrogen-bond acceptors (Lipinski definition) is 2. The van der Waals surface area contributed by atoms with Crippen molar-refractivity contribution in [3.8, 4) is 44.5 Å². The van der Waals surface area contributed by atoms with Crippen molar-refractivity contribution in [1.82, 2.24) is 0 Å². The van der Waals surface area contributed by atoms with E-state index in [0.717, 1.165) is 44.9 Å². The maximum atomic E-state index is 2.49. The van der Waals surface area contributed by atoms with Gasteiger partial charge in [0.1, 0.15) is 0 Å². The molecule has 0 aliphatic rings. The summed E-state index contributed by atoms with van der Waals surface area (Å²) in [7, 11) is 0. The van der Waals surface area contributed by atoms with Crippen LogP contribution in [0.15, 0.2) is 231 Å². The van der Waals surface area contributed by atoms with Crippen LogP contribution in [0.25, 0.3) is 66.1 Å². The lowest BCUT2D eigenvalue weighted by atomic mass is 9.94. The fourth-order valence-electron chi connectivity index (χ4n) is 10.3. The molecule has 0 aromatic heterocycles. The van der Waals surface area contributed by atoms with Gasteiger partial charge in [-0.1, -0.05) is 204 Å². The third kappa shape index (κ3) is 8.43. The maximum absolute atomic E-state index is 2.49. The number of rotatable bonds is 10. The molecule has 0 saturated heterocycles. The second kappa shape index (κ2) is 18.6. The summed E-state index contributed by atoms with van der Waals surface area (Å²) in [5.41, 5.74) is 23.7. The highest BCUT2D eigenvalue weighted by Gasteiger charge is 2.28. The van der Waals surface area contributed by atoms with E-state index in [1.807, 2.05) is 0 Å². The molecule has 2 heteroatoms. The van der Waals surface area contributed by atoms with Crippen LogP contribution in [0.5, 0.6) is 0 Å². The van der Waals surface area contributed by atoms with Crippen LogP contribution in [0.4, 0.5) is 34.1 Å². The highest BCUT2D eigenvalue weighted by atomic mass is 15.2. The lowest BCUT2D eigenvalue weighted by molar-refractivity contribution is 1.25. The van der Waals surface area contributed by atoms with E-state index in [1.165, 1.54) is 88.7 Å². The summed E-state index contributed by atoms with van der Waals surface area (Å²) >= 11 is 0. The van der Waals surface area contributed by atoms with Crippen molar-refractivity contribution in [2.75, 3.05) is 9.80 Å². The SMILES string of the molecule is Cc1ccc(-c2ccc(N(c3ccc(-c4ccc(C)cc4C)cc3)c3c(N(c4ccc(-c5ccc(C)cc5)cc4)c4ccc(-c5ccc(C)cc5C)cc4)c4ccccc4c4ccccc34)cc2)cc1. The molecule has 0 spiro atoms. The monoisotopic (exact) mass is 900 g/mol. The molecule has 338 valence electrons. The van der Waals surface area contributed by atoms with E-state index in [9.17, 15) is 0 Å². The highest BCUT2D eigenvalue weighted by Crippen LogP contribution is 2.53. The Kier molecular flexibility index (Phi) is 11.7. The quantitative estimate of drug-likeness (QED) is 0.0997. The van der Waals surface area contributed by atoms with Crippen LogP contribution in [0.3, 0.4) is 0 Å². The van der Waals surface area contributed by atoms with E-state index in [1.54, 1.807) is 0 Å². The van der Waals surface area contributed by atoms with Gasteiger partial charge in [0.25, 0.3) is 0 Å². The van der Waals surface area contributed by atoms with E-state index in [2.05, 4.69) is 282 Å². The minimum Gasteiger partial charge on any atom is -0.308 e. The van der Waals surface area contributed by atoms with Crippen LogP contribution < -0.4 is 9.80 Å². The summed E-state index contributed by atoms with van der Waals surface area (Å²) in [6.45, 7) is 13.0. The average molecular weight is 901 g/mol. The number of fused-ring (bicyclic) bond motifs is 3. The summed E-state index contributed by atoms with van der Waals surface area (Å²) in [6.07, 6.45) is 0. The van der Waals surface area contributed by atoms with E-state index in [4.69, 9.17) is 0 Å². The van der Waals surface area contributed by atoms with Gasteiger partial charge in [0.15, 0.2) is 0 Å². The first-order chi connectivity index (χ1) is 34.2. The van der Waals surface area contributed by atoms with E-state index in [-0.39, 0.29) is 0 Å². The van der Waals surface area contributed by atoms with Crippen molar-refractivity contribution in [3.05, 3.63) is 264 Å². The molecule has 0 bridgehead atoms. The molecule has 0 radical (unpaired) electrons. The molecule has 0 amide bonds.